The van der Waals surface area contributed by atoms with Crippen molar-refractivity contribution in [1.29, 1.82) is 0 Å². The molecule has 2 aliphatic rings. The molecule has 2 heterocycles. The SMILES string of the molecule is CCC1=C(C)C(C2C(=O)C(c3c(C)c(CC)c(C)n3C)=C2[O-])[N+](C)=C1C. The van der Waals surface area contributed by atoms with Crippen LogP contribution in [0.2, 0.25) is 0 Å². The lowest BCUT2D eigenvalue weighted by atomic mass is 9.73. The summed E-state index contributed by atoms with van der Waals surface area (Å²) in [7, 11) is 3.95. The molecule has 3 rings (SSSR count). The molecule has 0 saturated carbocycles. The Balaban J connectivity index is 2.10. The summed E-state index contributed by atoms with van der Waals surface area (Å²) in [5.74, 6) is -0.556. The van der Waals surface area contributed by atoms with Crippen LogP contribution in [0.1, 0.15) is 56.6 Å². The standard InChI is InChI=1S/C22H30N2O2/c1-9-15-11(3)19(23(7)13(15)5)17-21(25)18(22(17)26)20-12(4)16(10-2)14(6)24(20)8/h17,19H,9-10H2,1-8H3. The summed E-state index contributed by atoms with van der Waals surface area (Å²) in [6, 6.07) is -0.124. The van der Waals surface area contributed by atoms with Crippen LogP contribution in [0.4, 0.5) is 0 Å². The van der Waals surface area contributed by atoms with E-state index in [0.717, 1.165) is 29.8 Å². The molecule has 0 fully saturated rings. The van der Waals surface area contributed by atoms with Crippen molar-refractivity contribution >= 4 is 17.1 Å². The molecule has 0 amide bonds. The largest absolute Gasteiger partial charge is 0.874 e. The monoisotopic (exact) mass is 354 g/mol. The third-order valence-corrected chi connectivity index (χ3v) is 6.70. The number of nitrogens with zero attached hydrogens (tertiary/aromatic N) is 2. The Morgan fingerprint density at radius 1 is 1.12 bits per heavy atom. The molecule has 4 nitrogen and oxygen atoms in total. The average Bonchev–Trinajstić information content (AvgIpc) is 2.94. The van der Waals surface area contributed by atoms with Crippen LogP contribution in [0.15, 0.2) is 16.9 Å². The second-order valence-electron chi connectivity index (χ2n) is 7.69. The topological polar surface area (TPSA) is 48.1 Å². The zero-order valence-corrected chi connectivity index (χ0v) is 17.3. The number of rotatable bonds is 4. The number of aromatic nitrogens is 1. The van der Waals surface area contributed by atoms with Gasteiger partial charge in [-0.05, 0) is 44.7 Å². The van der Waals surface area contributed by atoms with Gasteiger partial charge >= 0.3 is 0 Å². The molecule has 1 aromatic rings. The highest BCUT2D eigenvalue weighted by Crippen LogP contribution is 2.43. The predicted octanol–water partition coefficient (Wildman–Crippen LogP) is 2.69. The number of hydrogen-bond acceptors (Lipinski definition) is 2. The molecule has 4 heteroatoms. The van der Waals surface area contributed by atoms with Crippen molar-refractivity contribution < 1.29 is 14.5 Å². The minimum Gasteiger partial charge on any atom is -0.874 e. The molecule has 1 aliphatic heterocycles. The van der Waals surface area contributed by atoms with Crippen LogP contribution in [0.5, 0.6) is 0 Å². The fraction of sp³-hybridized carbons (Fsp3) is 0.545. The first-order valence-electron chi connectivity index (χ1n) is 9.55. The van der Waals surface area contributed by atoms with E-state index in [1.54, 1.807) is 0 Å². The van der Waals surface area contributed by atoms with Crippen molar-refractivity contribution in [2.75, 3.05) is 7.05 Å². The minimum atomic E-state index is -0.561. The second kappa shape index (κ2) is 6.26. The van der Waals surface area contributed by atoms with Crippen LogP contribution >= 0.6 is 0 Å². The van der Waals surface area contributed by atoms with Gasteiger partial charge in [0, 0.05) is 36.4 Å². The molecule has 0 N–H and O–H groups in total. The lowest BCUT2D eigenvalue weighted by Gasteiger charge is -2.38. The van der Waals surface area contributed by atoms with Gasteiger partial charge in [0.1, 0.15) is 7.05 Å². The van der Waals surface area contributed by atoms with Gasteiger partial charge in [0.15, 0.2) is 17.5 Å². The highest BCUT2D eigenvalue weighted by Gasteiger charge is 2.49. The summed E-state index contributed by atoms with van der Waals surface area (Å²) in [5, 5.41) is 13.1. The predicted molar refractivity (Wildman–Crippen MR) is 103 cm³/mol. The van der Waals surface area contributed by atoms with Gasteiger partial charge in [0.25, 0.3) is 0 Å². The van der Waals surface area contributed by atoms with E-state index in [4.69, 9.17) is 0 Å². The maximum Gasteiger partial charge on any atom is 0.187 e. The number of Topliss-reactive ketones (excluding diaryl/α,β-unsaturated/α-hetero) is 1. The smallest absolute Gasteiger partial charge is 0.187 e. The van der Waals surface area contributed by atoms with Gasteiger partial charge in [-0.2, -0.15) is 0 Å². The Morgan fingerprint density at radius 3 is 2.15 bits per heavy atom. The number of likely N-dealkylation sites (N-methyl/N-ethyl adjacent to an activating group) is 1. The van der Waals surface area contributed by atoms with Crippen molar-refractivity contribution in [3.8, 4) is 0 Å². The van der Waals surface area contributed by atoms with Crippen LogP contribution in [0, 0.1) is 19.8 Å². The quantitative estimate of drug-likeness (QED) is 0.781. The second-order valence-corrected chi connectivity index (χ2v) is 7.69. The third kappa shape index (κ3) is 2.20. The van der Waals surface area contributed by atoms with Gasteiger partial charge in [-0.25, -0.2) is 4.58 Å². The Labute approximate surface area is 156 Å². The number of carbonyl (C=O) groups is 1. The maximum atomic E-state index is 13.1. The Kier molecular flexibility index (Phi) is 4.50. The molecular weight excluding hydrogens is 324 g/mol. The first-order chi connectivity index (χ1) is 12.2. The van der Waals surface area contributed by atoms with Crippen LogP contribution < -0.4 is 5.11 Å². The fourth-order valence-corrected chi connectivity index (χ4v) is 5.09. The molecule has 0 aromatic carbocycles. The Bertz CT molecular complexity index is 909. The molecule has 1 aromatic heterocycles. The van der Waals surface area contributed by atoms with E-state index in [2.05, 4.69) is 39.2 Å². The zero-order valence-electron chi connectivity index (χ0n) is 17.3. The molecule has 0 spiro atoms. The molecule has 26 heavy (non-hydrogen) atoms. The van der Waals surface area contributed by atoms with E-state index in [0.29, 0.717) is 5.57 Å². The van der Waals surface area contributed by atoms with Gasteiger partial charge in [0.2, 0.25) is 0 Å². The highest BCUT2D eigenvalue weighted by molar-refractivity contribution is 6.30. The van der Waals surface area contributed by atoms with E-state index >= 15 is 0 Å². The van der Waals surface area contributed by atoms with Gasteiger partial charge in [-0.1, -0.05) is 13.8 Å². The highest BCUT2D eigenvalue weighted by atomic mass is 16.3. The average molecular weight is 354 g/mol. The molecule has 0 bridgehead atoms. The van der Waals surface area contributed by atoms with Crippen LogP contribution in [-0.2, 0) is 18.3 Å². The summed E-state index contributed by atoms with van der Waals surface area (Å²) < 4.78 is 4.14. The molecule has 1 aliphatic carbocycles. The molecule has 0 radical (unpaired) electrons. The zero-order chi connectivity index (χ0) is 19.5. The normalized spacial score (nSPS) is 23.5. The lowest BCUT2D eigenvalue weighted by Crippen LogP contribution is -2.48. The summed E-state index contributed by atoms with van der Waals surface area (Å²) in [6.45, 7) is 12.5. The summed E-state index contributed by atoms with van der Waals surface area (Å²) in [5.41, 5.74) is 8.33. The lowest BCUT2D eigenvalue weighted by molar-refractivity contribution is -0.533. The fourth-order valence-electron chi connectivity index (χ4n) is 5.09. The van der Waals surface area contributed by atoms with Crippen LogP contribution in [-0.4, -0.2) is 33.7 Å². The summed E-state index contributed by atoms with van der Waals surface area (Å²) in [4.78, 5) is 13.1. The molecule has 140 valence electrons. The van der Waals surface area contributed by atoms with E-state index in [9.17, 15) is 9.90 Å². The van der Waals surface area contributed by atoms with Gasteiger partial charge in [-0.15, -0.1) is 5.76 Å². The van der Waals surface area contributed by atoms with Crippen molar-refractivity contribution in [1.82, 2.24) is 4.57 Å². The van der Waals surface area contributed by atoms with E-state index in [1.165, 1.54) is 22.4 Å². The summed E-state index contributed by atoms with van der Waals surface area (Å²) in [6.07, 6.45) is 1.84. The number of ketones is 1. The van der Waals surface area contributed by atoms with Crippen LogP contribution in [0.25, 0.3) is 5.57 Å². The van der Waals surface area contributed by atoms with Gasteiger partial charge < -0.3 is 9.67 Å². The molecule has 0 saturated heterocycles. The Morgan fingerprint density at radius 2 is 1.73 bits per heavy atom. The van der Waals surface area contributed by atoms with Crippen molar-refractivity contribution in [3.63, 3.8) is 0 Å². The molecular formula is C22H30N2O2. The minimum absolute atomic E-state index is 0.00251. The van der Waals surface area contributed by atoms with Crippen molar-refractivity contribution in [3.05, 3.63) is 39.4 Å². The van der Waals surface area contributed by atoms with Crippen molar-refractivity contribution in [2.45, 2.75) is 60.4 Å². The third-order valence-electron chi connectivity index (χ3n) is 6.70. The number of hydrogen-bond donors (Lipinski definition) is 0. The van der Waals surface area contributed by atoms with Gasteiger partial charge in [-0.3, -0.25) is 4.79 Å². The first-order valence-corrected chi connectivity index (χ1v) is 9.55. The first kappa shape index (κ1) is 18.7. The number of allylic oxidation sites excluding steroid dienone is 2. The Hall–Kier alpha value is -2.10. The molecule has 2 unspecified atom stereocenters. The van der Waals surface area contributed by atoms with Gasteiger partial charge in [0.05, 0.1) is 11.6 Å². The number of carbonyl (C=O) groups excluding carboxylic acids is 1. The maximum absolute atomic E-state index is 13.1. The van der Waals surface area contributed by atoms with E-state index in [1.807, 2.05) is 25.6 Å². The van der Waals surface area contributed by atoms with Crippen LogP contribution in [0.3, 0.4) is 0 Å². The molecule has 2 atom stereocenters. The van der Waals surface area contributed by atoms with E-state index in [-0.39, 0.29) is 17.6 Å². The summed E-state index contributed by atoms with van der Waals surface area (Å²) >= 11 is 0. The van der Waals surface area contributed by atoms with E-state index < -0.39 is 5.92 Å². The van der Waals surface area contributed by atoms with Crippen molar-refractivity contribution in [2.24, 2.45) is 13.0 Å².